The van der Waals surface area contributed by atoms with Crippen molar-refractivity contribution in [2.24, 2.45) is 11.8 Å². The Morgan fingerprint density at radius 2 is 1.79 bits per heavy atom. The van der Waals surface area contributed by atoms with E-state index in [0.717, 1.165) is 0 Å². The van der Waals surface area contributed by atoms with E-state index in [9.17, 15) is 14.7 Å². The maximum absolute atomic E-state index is 14.3. The Balaban J connectivity index is 1.62. The van der Waals surface area contributed by atoms with Crippen molar-refractivity contribution in [3.05, 3.63) is 76.3 Å². The van der Waals surface area contributed by atoms with Crippen LogP contribution < -0.4 is 14.2 Å². The first-order valence-corrected chi connectivity index (χ1v) is 12.5. The third-order valence-electron chi connectivity index (χ3n) is 8.20. The molecule has 2 aromatic rings. The summed E-state index contributed by atoms with van der Waals surface area (Å²) in [6.45, 7) is 3.67. The van der Waals surface area contributed by atoms with Gasteiger partial charge in [0.2, 0.25) is 24.1 Å². The first-order chi connectivity index (χ1) is 18.3. The molecule has 2 aliphatic carbocycles. The maximum atomic E-state index is 14.3. The van der Waals surface area contributed by atoms with Crippen molar-refractivity contribution < 1.29 is 43.1 Å². The van der Waals surface area contributed by atoms with E-state index in [0.29, 0.717) is 39.5 Å². The van der Waals surface area contributed by atoms with Crippen LogP contribution in [-0.4, -0.2) is 50.6 Å². The van der Waals surface area contributed by atoms with Gasteiger partial charge in [0, 0.05) is 17.0 Å². The number of rotatable bonds is 4. The van der Waals surface area contributed by atoms with Gasteiger partial charge in [-0.15, -0.1) is 0 Å². The molecule has 0 fully saturated rings. The lowest BCUT2D eigenvalue weighted by molar-refractivity contribution is -0.124. The first-order valence-electron chi connectivity index (χ1n) is 12.5. The minimum atomic E-state index is -1.44. The van der Waals surface area contributed by atoms with Gasteiger partial charge in [-0.2, -0.15) is 0 Å². The zero-order valence-corrected chi connectivity index (χ0v) is 21.5. The molecule has 4 aliphatic rings. The van der Waals surface area contributed by atoms with Gasteiger partial charge < -0.3 is 33.5 Å². The number of aliphatic hydroxyl groups excluding tert-OH is 1. The number of fused-ring (bicyclic) bond motifs is 2. The van der Waals surface area contributed by atoms with Gasteiger partial charge in [0.1, 0.15) is 18.1 Å². The number of esters is 1. The molecular formula is C29H28O9. The summed E-state index contributed by atoms with van der Waals surface area (Å²) >= 11 is 0. The zero-order valence-electron chi connectivity index (χ0n) is 21.5. The molecule has 9 nitrogen and oxygen atoms in total. The molecule has 9 heteroatoms. The van der Waals surface area contributed by atoms with Crippen LogP contribution in [0.1, 0.15) is 41.4 Å². The van der Waals surface area contributed by atoms with Gasteiger partial charge >= 0.3 is 5.97 Å². The van der Waals surface area contributed by atoms with Crippen LogP contribution in [-0.2, 0) is 24.4 Å². The smallest absolute Gasteiger partial charge is 0.338 e. The van der Waals surface area contributed by atoms with E-state index in [1.807, 2.05) is 19.9 Å². The summed E-state index contributed by atoms with van der Waals surface area (Å²) in [4.78, 5) is 27.6. The second-order valence-electron chi connectivity index (χ2n) is 9.98. The molecule has 2 heterocycles. The predicted molar refractivity (Wildman–Crippen MR) is 133 cm³/mol. The molecule has 1 N–H and O–H groups in total. The maximum Gasteiger partial charge on any atom is 0.338 e. The van der Waals surface area contributed by atoms with Gasteiger partial charge in [0.15, 0.2) is 17.3 Å². The van der Waals surface area contributed by atoms with E-state index in [2.05, 4.69) is 0 Å². The Labute approximate surface area is 219 Å². The van der Waals surface area contributed by atoms with Crippen molar-refractivity contribution in [1.29, 1.82) is 0 Å². The normalized spacial score (nSPS) is 28.9. The largest absolute Gasteiger partial charge is 0.493 e. The monoisotopic (exact) mass is 520 g/mol. The van der Waals surface area contributed by atoms with Crippen LogP contribution in [0, 0.1) is 11.8 Å². The summed E-state index contributed by atoms with van der Waals surface area (Å²) in [5.74, 6) is -0.345. The summed E-state index contributed by atoms with van der Waals surface area (Å²) < 4.78 is 34.8. The molecule has 0 bridgehead atoms. The van der Waals surface area contributed by atoms with Crippen molar-refractivity contribution in [3.8, 4) is 17.2 Å². The van der Waals surface area contributed by atoms with E-state index in [-0.39, 0.29) is 30.8 Å². The molecular weight excluding hydrogens is 492 g/mol. The van der Waals surface area contributed by atoms with Crippen LogP contribution in [0.15, 0.2) is 59.6 Å². The van der Waals surface area contributed by atoms with E-state index in [1.54, 1.807) is 36.4 Å². The lowest BCUT2D eigenvalue weighted by atomic mass is 9.61. The van der Waals surface area contributed by atoms with Crippen molar-refractivity contribution in [1.82, 2.24) is 0 Å². The molecule has 0 saturated carbocycles. The van der Waals surface area contributed by atoms with Gasteiger partial charge in [0.05, 0.1) is 25.9 Å². The average molecular weight is 521 g/mol. The Morgan fingerprint density at radius 3 is 2.50 bits per heavy atom. The summed E-state index contributed by atoms with van der Waals surface area (Å²) in [5, 5.41) is 11.8. The highest BCUT2D eigenvalue weighted by Crippen LogP contribution is 2.61. The number of methoxy groups -OCH3 is 2. The number of hydrogen-bond donors (Lipinski definition) is 1. The number of ether oxygens (including phenoxy) is 6. The van der Waals surface area contributed by atoms with Crippen LogP contribution in [0.25, 0.3) is 0 Å². The van der Waals surface area contributed by atoms with E-state index in [1.165, 1.54) is 14.2 Å². The number of carbonyl (C=O) groups is 2. The third-order valence-corrected chi connectivity index (χ3v) is 8.20. The summed E-state index contributed by atoms with van der Waals surface area (Å²) in [5.41, 5.74) is 0.428. The SMILES string of the molecule is COC1=C(OC)C(=O)[C@]23COc4c5c(cc(c42)[C@H](OC(=O)c2ccccc2)[C@H](C)[C@H](C)[C@@H](O)C3=C1)OCO5. The third kappa shape index (κ3) is 3.21. The Morgan fingerprint density at radius 1 is 1.03 bits per heavy atom. The van der Waals surface area contributed by atoms with Crippen molar-refractivity contribution in [3.63, 3.8) is 0 Å². The molecule has 5 atom stereocenters. The quantitative estimate of drug-likeness (QED) is 0.605. The number of ketones is 1. The fourth-order valence-corrected chi connectivity index (χ4v) is 6.00. The Bertz CT molecular complexity index is 1390. The standard InChI is InChI=1S/C29H28O9/c1-14-15(2)23(38-28(32)16-8-6-5-7-9-16)17-10-20-24(37-13-36-20)26-21(17)29(12-35-26)18(22(14)30)11-19(33-3)25(34-4)27(29)31/h5-11,14-15,22-23,30H,12-13H2,1-4H3/t14-,15+,22+,23+,29-/m0/s1. The van der Waals surface area contributed by atoms with E-state index < -0.39 is 35.3 Å². The molecule has 38 heavy (non-hydrogen) atoms. The fraction of sp³-hybridized carbons (Fsp3) is 0.379. The van der Waals surface area contributed by atoms with Crippen LogP contribution >= 0.6 is 0 Å². The highest BCUT2D eigenvalue weighted by molar-refractivity contribution is 6.08. The van der Waals surface area contributed by atoms with Gasteiger partial charge in [0.25, 0.3) is 0 Å². The first kappa shape index (κ1) is 24.4. The Kier molecular flexibility index (Phi) is 5.64. The molecule has 0 radical (unpaired) electrons. The molecule has 0 unspecified atom stereocenters. The number of Topliss-reactive ketones (excluding diaryl/α,β-unsaturated/α-hetero) is 1. The molecule has 2 aromatic carbocycles. The predicted octanol–water partition coefficient (Wildman–Crippen LogP) is 3.60. The topological polar surface area (TPSA) is 110 Å². The highest BCUT2D eigenvalue weighted by atomic mass is 16.7. The molecule has 198 valence electrons. The second kappa shape index (κ2) is 8.80. The minimum absolute atomic E-state index is 0.0155. The fourth-order valence-electron chi connectivity index (χ4n) is 6.00. The lowest BCUT2D eigenvalue weighted by Crippen LogP contribution is -2.51. The van der Waals surface area contributed by atoms with Gasteiger partial charge in [-0.1, -0.05) is 32.0 Å². The van der Waals surface area contributed by atoms with Crippen molar-refractivity contribution in [2.75, 3.05) is 27.6 Å². The molecule has 2 aliphatic heterocycles. The van der Waals surface area contributed by atoms with Gasteiger partial charge in [-0.05, 0) is 35.8 Å². The number of allylic oxidation sites excluding steroid dienone is 2. The van der Waals surface area contributed by atoms with Crippen LogP contribution in [0.4, 0.5) is 0 Å². The Hall–Kier alpha value is -3.98. The second-order valence-corrected chi connectivity index (χ2v) is 9.98. The molecule has 1 spiro atoms. The van der Waals surface area contributed by atoms with Crippen LogP contribution in [0.5, 0.6) is 17.2 Å². The van der Waals surface area contributed by atoms with Crippen LogP contribution in [0.2, 0.25) is 0 Å². The number of carbonyl (C=O) groups excluding carboxylic acids is 2. The van der Waals surface area contributed by atoms with Gasteiger partial charge in [-0.25, -0.2) is 4.79 Å². The summed E-state index contributed by atoms with van der Waals surface area (Å²) in [6.07, 6.45) is -0.247. The molecule has 0 amide bonds. The zero-order chi connectivity index (χ0) is 26.8. The number of aliphatic hydroxyl groups is 1. The van der Waals surface area contributed by atoms with Crippen LogP contribution in [0.3, 0.4) is 0 Å². The highest BCUT2D eigenvalue weighted by Gasteiger charge is 2.61. The minimum Gasteiger partial charge on any atom is -0.493 e. The van der Waals surface area contributed by atoms with Crippen molar-refractivity contribution in [2.45, 2.75) is 31.5 Å². The molecule has 6 rings (SSSR count). The molecule has 0 saturated heterocycles. The number of hydrogen-bond acceptors (Lipinski definition) is 9. The van der Waals surface area contributed by atoms with E-state index >= 15 is 0 Å². The van der Waals surface area contributed by atoms with Crippen molar-refractivity contribution >= 4 is 11.8 Å². The number of benzene rings is 2. The summed E-state index contributed by atoms with van der Waals surface area (Å²) in [6, 6.07) is 10.4. The summed E-state index contributed by atoms with van der Waals surface area (Å²) in [7, 11) is 2.84. The molecule has 0 aromatic heterocycles. The van der Waals surface area contributed by atoms with E-state index in [4.69, 9.17) is 28.4 Å². The average Bonchev–Trinajstić information content (AvgIpc) is 3.57. The van der Waals surface area contributed by atoms with Gasteiger partial charge in [-0.3, -0.25) is 4.79 Å². The lowest BCUT2D eigenvalue weighted by Gasteiger charge is -2.43.